The number of benzene rings is 1. The van der Waals surface area contributed by atoms with E-state index in [4.69, 9.17) is 4.74 Å². The number of hydrogen-bond donors (Lipinski definition) is 1. The first kappa shape index (κ1) is 12.4. The van der Waals surface area contributed by atoms with Crippen molar-refractivity contribution in [3.63, 3.8) is 0 Å². The molecule has 1 aliphatic rings. The number of fused-ring (bicyclic) bond motifs is 1. The van der Waals surface area contributed by atoms with Gasteiger partial charge in [-0.25, -0.2) is 0 Å². The fourth-order valence-electron chi connectivity index (χ4n) is 2.31. The molecular weight excluding hydrogens is 212 g/mol. The topological polar surface area (TPSA) is 29.5 Å². The average molecular weight is 234 g/mol. The first-order valence-corrected chi connectivity index (χ1v) is 6.64. The zero-order valence-electron chi connectivity index (χ0n) is 10.8. The summed E-state index contributed by atoms with van der Waals surface area (Å²) in [4.78, 5) is 0. The highest BCUT2D eigenvalue weighted by molar-refractivity contribution is 5.38. The molecule has 2 nitrogen and oxygen atoms in total. The summed E-state index contributed by atoms with van der Waals surface area (Å²) in [6.07, 6.45) is 5.08. The van der Waals surface area contributed by atoms with Gasteiger partial charge in [0.15, 0.2) is 0 Å². The minimum Gasteiger partial charge on any atom is -0.491 e. The third-order valence-electron chi connectivity index (χ3n) is 3.89. The number of aliphatic hydroxyl groups is 1. The van der Waals surface area contributed by atoms with Gasteiger partial charge < -0.3 is 9.84 Å². The van der Waals surface area contributed by atoms with Gasteiger partial charge in [0.1, 0.15) is 12.4 Å². The van der Waals surface area contributed by atoms with Crippen LogP contribution in [0.25, 0.3) is 0 Å². The fourth-order valence-corrected chi connectivity index (χ4v) is 2.31. The van der Waals surface area contributed by atoms with E-state index in [2.05, 4.69) is 12.1 Å². The lowest BCUT2D eigenvalue weighted by molar-refractivity contribution is -0.0113. The molecular formula is C15H22O2. The maximum absolute atomic E-state index is 10.2. The van der Waals surface area contributed by atoms with Gasteiger partial charge in [0.05, 0.1) is 5.60 Å². The summed E-state index contributed by atoms with van der Waals surface area (Å²) in [5.74, 6) is 0.894. The molecule has 0 aromatic heterocycles. The predicted octanol–water partition coefficient (Wildman–Crippen LogP) is 3.11. The van der Waals surface area contributed by atoms with Crippen LogP contribution in [0.1, 0.15) is 44.2 Å². The number of hydrogen-bond acceptors (Lipinski definition) is 2. The summed E-state index contributed by atoms with van der Waals surface area (Å²) < 4.78 is 5.73. The third kappa shape index (κ3) is 2.81. The summed E-state index contributed by atoms with van der Waals surface area (Å²) in [5, 5.41) is 10.2. The smallest absolute Gasteiger partial charge is 0.119 e. The van der Waals surface area contributed by atoms with E-state index in [-0.39, 0.29) is 0 Å². The Balaban J connectivity index is 2.00. The predicted molar refractivity (Wildman–Crippen MR) is 69.5 cm³/mol. The van der Waals surface area contributed by atoms with Gasteiger partial charge in [-0.1, -0.05) is 19.9 Å². The van der Waals surface area contributed by atoms with Crippen LogP contribution in [0, 0.1) is 0 Å². The Morgan fingerprint density at radius 3 is 2.59 bits per heavy atom. The monoisotopic (exact) mass is 234 g/mol. The second kappa shape index (κ2) is 5.09. The Morgan fingerprint density at radius 2 is 1.88 bits per heavy atom. The van der Waals surface area contributed by atoms with Crippen molar-refractivity contribution in [1.29, 1.82) is 0 Å². The minimum atomic E-state index is -0.682. The molecule has 2 rings (SSSR count). The van der Waals surface area contributed by atoms with Crippen molar-refractivity contribution < 1.29 is 9.84 Å². The van der Waals surface area contributed by atoms with E-state index < -0.39 is 5.60 Å². The molecule has 0 saturated heterocycles. The number of ether oxygens (including phenoxy) is 1. The van der Waals surface area contributed by atoms with Crippen molar-refractivity contribution in [2.45, 2.75) is 51.6 Å². The van der Waals surface area contributed by atoms with E-state index >= 15 is 0 Å². The molecule has 0 fully saturated rings. The fraction of sp³-hybridized carbons (Fsp3) is 0.600. The van der Waals surface area contributed by atoms with Crippen molar-refractivity contribution in [1.82, 2.24) is 0 Å². The van der Waals surface area contributed by atoms with Gasteiger partial charge in [-0.15, -0.1) is 0 Å². The van der Waals surface area contributed by atoms with Crippen molar-refractivity contribution in [2.75, 3.05) is 6.61 Å². The van der Waals surface area contributed by atoms with Crippen molar-refractivity contribution in [3.8, 4) is 5.75 Å². The van der Waals surface area contributed by atoms with Gasteiger partial charge >= 0.3 is 0 Å². The molecule has 2 heteroatoms. The summed E-state index contributed by atoms with van der Waals surface area (Å²) in [6, 6.07) is 6.32. The average Bonchev–Trinajstić information content (AvgIpc) is 2.83. The Bertz CT molecular complexity index is 381. The standard InChI is InChI=1S/C15H22O2/c1-3-15(16,4-2)11-17-14-9-8-12-6-5-7-13(12)10-14/h8-10,16H,3-7,11H2,1-2H3. The molecule has 0 atom stereocenters. The molecule has 1 aromatic rings. The van der Waals surface area contributed by atoms with E-state index in [0.717, 1.165) is 18.6 Å². The summed E-state index contributed by atoms with van der Waals surface area (Å²) in [6.45, 7) is 4.38. The van der Waals surface area contributed by atoms with Crippen LogP contribution in [0.15, 0.2) is 18.2 Å². The van der Waals surface area contributed by atoms with Gasteiger partial charge in [0.2, 0.25) is 0 Å². The molecule has 0 radical (unpaired) electrons. The molecule has 0 aliphatic heterocycles. The third-order valence-corrected chi connectivity index (χ3v) is 3.89. The maximum atomic E-state index is 10.2. The molecule has 17 heavy (non-hydrogen) atoms. The van der Waals surface area contributed by atoms with Crippen molar-refractivity contribution >= 4 is 0 Å². The van der Waals surface area contributed by atoms with E-state index in [1.165, 1.54) is 30.4 Å². The van der Waals surface area contributed by atoms with Gasteiger partial charge in [-0.3, -0.25) is 0 Å². The van der Waals surface area contributed by atoms with E-state index in [9.17, 15) is 5.11 Å². The molecule has 1 N–H and O–H groups in total. The first-order chi connectivity index (χ1) is 8.17. The lowest BCUT2D eigenvalue weighted by Gasteiger charge is -2.25. The van der Waals surface area contributed by atoms with Gasteiger partial charge in [-0.05, 0) is 55.4 Å². The molecule has 0 amide bonds. The van der Waals surface area contributed by atoms with Crippen molar-refractivity contribution in [2.24, 2.45) is 0 Å². The van der Waals surface area contributed by atoms with Crippen LogP contribution < -0.4 is 4.74 Å². The number of rotatable bonds is 5. The Hall–Kier alpha value is -1.02. The van der Waals surface area contributed by atoms with Crippen LogP contribution in [0.3, 0.4) is 0 Å². The Labute approximate surface area is 104 Å². The zero-order chi connectivity index (χ0) is 12.3. The summed E-state index contributed by atoms with van der Waals surface area (Å²) in [5.41, 5.74) is 2.19. The van der Waals surface area contributed by atoms with Crippen molar-refractivity contribution in [3.05, 3.63) is 29.3 Å². The van der Waals surface area contributed by atoms with Crippen LogP contribution >= 0.6 is 0 Å². The Kier molecular flexibility index (Phi) is 3.72. The quantitative estimate of drug-likeness (QED) is 0.848. The Morgan fingerprint density at radius 1 is 1.18 bits per heavy atom. The van der Waals surface area contributed by atoms with Gasteiger partial charge in [0.25, 0.3) is 0 Å². The molecule has 94 valence electrons. The van der Waals surface area contributed by atoms with Crippen LogP contribution in [-0.2, 0) is 12.8 Å². The summed E-state index contributed by atoms with van der Waals surface area (Å²) >= 11 is 0. The van der Waals surface area contributed by atoms with Crippen LogP contribution in [0.2, 0.25) is 0 Å². The first-order valence-electron chi connectivity index (χ1n) is 6.64. The molecule has 0 heterocycles. The maximum Gasteiger partial charge on any atom is 0.119 e. The second-order valence-electron chi connectivity index (χ2n) is 5.00. The van der Waals surface area contributed by atoms with E-state index in [1.807, 2.05) is 19.9 Å². The van der Waals surface area contributed by atoms with Crippen LogP contribution in [0.4, 0.5) is 0 Å². The molecule has 1 aliphatic carbocycles. The highest BCUT2D eigenvalue weighted by Gasteiger charge is 2.23. The van der Waals surface area contributed by atoms with E-state index in [0.29, 0.717) is 6.61 Å². The minimum absolute atomic E-state index is 0.388. The highest BCUT2D eigenvalue weighted by Crippen LogP contribution is 2.27. The molecule has 0 unspecified atom stereocenters. The molecule has 1 aromatic carbocycles. The largest absolute Gasteiger partial charge is 0.491 e. The lowest BCUT2D eigenvalue weighted by atomic mass is 9.99. The molecule has 0 bridgehead atoms. The normalized spacial score (nSPS) is 14.8. The van der Waals surface area contributed by atoms with Gasteiger partial charge in [-0.2, -0.15) is 0 Å². The van der Waals surface area contributed by atoms with Crippen LogP contribution in [-0.4, -0.2) is 17.3 Å². The SMILES string of the molecule is CCC(O)(CC)COc1ccc2c(c1)CCC2. The number of aryl methyl sites for hydroxylation is 2. The zero-order valence-corrected chi connectivity index (χ0v) is 10.8. The van der Waals surface area contributed by atoms with E-state index in [1.54, 1.807) is 0 Å². The molecule has 0 saturated carbocycles. The summed E-state index contributed by atoms with van der Waals surface area (Å²) in [7, 11) is 0. The highest BCUT2D eigenvalue weighted by atomic mass is 16.5. The second-order valence-corrected chi connectivity index (χ2v) is 5.00. The van der Waals surface area contributed by atoms with Crippen LogP contribution in [0.5, 0.6) is 5.75 Å². The van der Waals surface area contributed by atoms with Gasteiger partial charge in [0, 0.05) is 0 Å². The molecule has 0 spiro atoms. The lowest BCUT2D eigenvalue weighted by Crippen LogP contribution is -2.34.